The molecule has 7 nitrogen and oxygen atoms in total. The van der Waals surface area contributed by atoms with Crippen LogP contribution in [0, 0.1) is 0 Å². The van der Waals surface area contributed by atoms with Crippen LogP contribution in [0.5, 0.6) is 0 Å². The van der Waals surface area contributed by atoms with Gasteiger partial charge in [0, 0.05) is 12.2 Å². The van der Waals surface area contributed by atoms with Crippen LogP contribution in [0.25, 0.3) is 10.8 Å². The third-order valence-electron chi connectivity index (χ3n) is 4.65. The van der Waals surface area contributed by atoms with Crippen LogP contribution in [0.4, 0.5) is 14.9 Å². The van der Waals surface area contributed by atoms with Gasteiger partial charge in [-0.2, -0.15) is 0 Å². The first-order chi connectivity index (χ1) is 13.5. The van der Waals surface area contributed by atoms with Gasteiger partial charge >= 0.3 is 6.03 Å². The maximum absolute atomic E-state index is 14.1. The molecule has 1 aliphatic heterocycles. The van der Waals surface area contributed by atoms with Crippen molar-refractivity contribution in [3.05, 3.63) is 42.5 Å². The van der Waals surface area contributed by atoms with E-state index >= 15 is 0 Å². The van der Waals surface area contributed by atoms with Crippen LogP contribution in [0.2, 0.25) is 0 Å². The summed E-state index contributed by atoms with van der Waals surface area (Å²) >= 11 is 0. The number of hydrogen-bond donors (Lipinski definition) is 5. The topological polar surface area (TPSA) is 80.5 Å². The zero-order valence-corrected chi connectivity index (χ0v) is 16.3. The van der Waals surface area contributed by atoms with E-state index in [0.717, 1.165) is 23.7 Å². The molecule has 0 radical (unpaired) electrons. The second-order valence-corrected chi connectivity index (χ2v) is 7.27. The quantitative estimate of drug-likeness (QED) is 0.466. The van der Waals surface area contributed by atoms with E-state index in [0.29, 0.717) is 12.2 Å². The number of amides is 2. The first kappa shape index (κ1) is 20.5. The molecular formula is C20H29FN6O. The van der Waals surface area contributed by atoms with E-state index in [1.165, 1.54) is 0 Å². The molecule has 1 saturated heterocycles. The Hall–Kier alpha value is -2.26. The maximum atomic E-state index is 14.1. The highest BCUT2D eigenvalue weighted by molar-refractivity contribution is 5.93. The summed E-state index contributed by atoms with van der Waals surface area (Å²) < 4.78 is 14.1. The van der Waals surface area contributed by atoms with E-state index in [9.17, 15) is 9.18 Å². The summed E-state index contributed by atoms with van der Waals surface area (Å²) in [5, 5.41) is 17.0. The Morgan fingerprint density at radius 1 is 1.21 bits per heavy atom. The summed E-state index contributed by atoms with van der Waals surface area (Å²) in [6.45, 7) is 1.80. The Morgan fingerprint density at radius 3 is 2.79 bits per heavy atom. The number of hydrogen-bond acceptors (Lipinski definition) is 5. The Labute approximate surface area is 165 Å². The molecule has 0 saturated carbocycles. The van der Waals surface area contributed by atoms with Crippen molar-refractivity contribution in [1.29, 1.82) is 0 Å². The minimum absolute atomic E-state index is 0.166. The lowest BCUT2D eigenvalue weighted by Crippen LogP contribution is -2.69. The summed E-state index contributed by atoms with van der Waals surface area (Å²) in [6.07, 6.45) is -1.17. The third kappa shape index (κ3) is 5.87. The molecule has 2 aromatic rings. The van der Waals surface area contributed by atoms with Crippen molar-refractivity contribution < 1.29 is 9.18 Å². The van der Waals surface area contributed by atoms with Gasteiger partial charge in [0.05, 0.1) is 6.17 Å². The van der Waals surface area contributed by atoms with Gasteiger partial charge in [0.1, 0.15) is 12.5 Å². The van der Waals surface area contributed by atoms with Gasteiger partial charge in [-0.25, -0.2) is 9.18 Å². The lowest BCUT2D eigenvalue weighted by atomic mass is 10.1. The molecule has 1 fully saturated rings. The Balaban J connectivity index is 1.48. The number of carbonyl (C=O) groups excluding carboxylic acids is 1. The first-order valence-corrected chi connectivity index (χ1v) is 9.59. The number of urea groups is 1. The summed E-state index contributed by atoms with van der Waals surface area (Å²) in [7, 11) is 4.02. The molecule has 2 aromatic carbocycles. The number of carbonyl (C=O) groups is 1. The SMILES string of the molecule is CN(C)CCCNC1NC(NC(=O)Nc2ccc3ccccc3c2)NCC1F. The Morgan fingerprint density at radius 2 is 2.00 bits per heavy atom. The van der Waals surface area contributed by atoms with Gasteiger partial charge < -0.3 is 15.5 Å². The number of fused-ring (bicyclic) bond motifs is 1. The monoisotopic (exact) mass is 388 g/mol. The highest BCUT2D eigenvalue weighted by Crippen LogP contribution is 2.18. The second-order valence-electron chi connectivity index (χ2n) is 7.27. The summed E-state index contributed by atoms with van der Waals surface area (Å²) in [6, 6.07) is 13.3. The number of nitrogens with zero attached hydrogens (tertiary/aromatic N) is 1. The molecule has 2 amide bonds. The van der Waals surface area contributed by atoms with Gasteiger partial charge in [0.15, 0.2) is 0 Å². The van der Waals surface area contributed by atoms with Crippen LogP contribution < -0.4 is 26.6 Å². The first-order valence-electron chi connectivity index (χ1n) is 9.59. The predicted molar refractivity (Wildman–Crippen MR) is 111 cm³/mol. The molecule has 0 spiro atoms. The molecule has 0 aliphatic carbocycles. The van der Waals surface area contributed by atoms with Gasteiger partial charge in [-0.05, 0) is 56.5 Å². The molecule has 0 aromatic heterocycles. The van der Waals surface area contributed by atoms with Crippen LogP contribution in [0.3, 0.4) is 0 Å². The van der Waals surface area contributed by atoms with Gasteiger partial charge in [-0.15, -0.1) is 0 Å². The second kappa shape index (κ2) is 9.79. The zero-order valence-electron chi connectivity index (χ0n) is 16.3. The smallest absolute Gasteiger partial charge is 0.310 e. The van der Waals surface area contributed by atoms with E-state index in [1.54, 1.807) is 0 Å². The largest absolute Gasteiger partial charge is 0.321 e. The molecule has 5 N–H and O–H groups in total. The van der Waals surface area contributed by atoms with Crippen LogP contribution in [-0.4, -0.2) is 63.3 Å². The van der Waals surface area contributed by atoms with Gasteiger partial charge in [-0.1, -0.05) is 30.3 Å². The molecule has 3 atom stereocenters. The molecule has 1 heterocycles. The number of nitrogens with one attached hydrogen (secondary N) is 5. The average Bonchev–Trinajstić information content (AvgIpc) is 2.67. The number of anilines is 1. The van der Waals surface area contributed by atoms with Crippen LogP contribution in [-0.2, 0) is 0 Å². The number of rotatable bonds is 7. The average molecular weight is 388 g/mol. The van der Waals surface area contributed by atoms with Crippen molar-refractivity contribution in [3.63, 3.8) is 0 Å². The molecular weight excluding hydrogens is 359 g/mol. The fraction of sp³-hybridized carbons (Fsp3) is 0.450. The molecule has 0 bridgehead atoms. The highest BCUT2D eigenvalue weighted by atomic mass is 19.1. The van der Waals surface area contributed by atoms with Crippen molar-refractivity contribution in [3.8, 4) is 0 Å². The third-order valence-corrected chi connectivity index (χ3v) is 4.65. The minimum Gasteiger partial charge on any atom is -0.310 e. The summed E-state index contributed by atoms with van der Waals surface area (Å²) in [5.41, 5.74) is 0.703. The number of alkyl halides is 1. The predicted octanol–water partition coefficient (Wildman–Crippen LogP) is 1.64. The molecule has 8 heteroatoms. The zero-order chi connectivity index (χ0) is 19.9. The van der Waals surface area contributed by atoms with Crippen LogP contribution >= 0.6 is 0 Å². The van der Waals surface area contributed by atoms with Crippen molar-refractivity contribution in [2.24, 2.45) is 0 Å². The van der Waals surface area contributed by atoms with Crippen molar-refractivity contribution >= 4 is 22.5 Å². The highest BCUT2D eigenvalue weighted by Gasteiger charge is 2.29. The fourth-order valence-corrected chi connectivity index (χ4v) is 3.19. The van der Waals surface area contributed by atoms with Gasteiger partial charge in [0.25, 0.3) is 0 Å². The standard InChI is InChI=1S/C20H29FN6O/c1-27(2)11-5-10-22-18-17(21)13-23-19(25-18)26-20(28)24-16-9-8-14-6-3-4-7-15(14)12-16/h3-4,6-9,12,17-19,22-23,25H,5,10-11,13H2,1-2H3,(H2,24,26,28). The molecule has 152 valence electrons. The summed E-state index contributed by atoms with van der Waals surface area (Å²) in [5.74, 6) is 0. The van der Waals surface area contributed by atoms with Gasteiger partial charge in [0.2, 0.25) is 0 Å². The van der Waals surface area contributed by atoms with E-state index in [-0.39, 0.29) is 12.6 Å². The van der Waals surface area contributed by atoms with E-state index in [4.69, 9.17) is 0 Å². The Kier molecular flexibility index (Phi) is 7.16. The minimum atomic E-state index is -1.07. The Bertz CT molecular complexity index is 786. The van der Waals surface area contributed by atoms with E-state index in [2.05, 4.69) is 31.5 Å². The lowest BCUT2D eigenvalue weighted by molar-refractivity contribution is 0.131. The molecule has 3 unspecified atom stereocenters. The van der Waals surface area contributed by atoms with Gasteiger partial charge in [-0.3, -0.25) is 16.0 Å². The fourth-order valence-electron chi connectivity index (χ4n) is 3.19. The number of benzene rings is 2. The van der Waals surface area contributed by atoms with E-state index < -0.39 is 18.6 Å². The maximum Gasteiger partial charge on any atom is 0.321 e. The lowest BCUT2D eigenvalue weighted by Gasteiger charge is -2.35. The van der Waals surface area contributed by atoms with Crippen LogP contribution in [0.15, 0.2) is 42.5 Å². The van der Waals surface area contributed by atoms with Crippen molar-refractivity contribution in [2.75, 3.05) is 39.0 Å². The summed E-state index contributed by atoms with van der Waals surface area (Å²) in [4.78, 5) is 14.4. The normalized spacial score (nSPS) is 22.4. The van der Waals surface area contributed by atoms with Crippen molar-refractivity contribution in [1.82, 2.24) is 26.2 Å². The van der Waals surface area contributed by atoms with E-state index in [1.807, 2.05) is 56.6 Å². The van der Waals surface area contributed by atoms with Crippen LogP contribution in [0.1, 0.15) is 6.42 Å². The number of halogens is 1. The molecule has 28 heavy (non-hydrogen) atoms. The van der Waals surface area contributed by atoms with Crippen molar-refractivity contribution in [2.45, 2.75) is 25.0 Å². The molecule has 3 rings (SSSR count). The molecule has 1 aliphatic rings.